The van der Waals surface area contributed by atoms with Gasteiger partial charge in [-0.05, 0) is 74.5 Å². The molecule has 0 amide bonds. The van der Waals surface area contributed by atoms with Gasteiger partial charge in [0.2, 0.25) is 0 Å². The van der Waals surface area contributed by atoms with Gasteiger partial charge in [0.1, 0.15) is 6.33 Å². The van der Waals surface area contributed by atoms with Crippen molar-refractivity contribution < 1.29 is 18.0 Å². The van der Waals surface area contributed by atoms with Crippen molar-refractivity contribution in [1.82, 2.24) is 14.9 Å². The van der Waals surface area contributed by atoms with E-state index in [1.807, 2.05) is 44.6 Å². The lowest BCUT2D eigenvalue weighted by molar-refractivity contribution is -0.137. The lowest BCUT2D eigenvalue weighted by Crippen LogP contribution is -2.30. The smallest absolute Gasteiger partial charge is 0.364 e. The first kappa shape index (κ1) is 35.4. The van der Waals surface area contributed by atoms with Crippen LogP contribution in [-0.4, -0.2) is 40.3 Å². The Labute approximate surface area is 254 Å². The molecular weight excluding hydrogens is 557 g/mol. The molecule has 2 aromatic heterocycles. The number of rotatable bonds is 11. The van der Waals surface area contributed by atoms with E-state index in [1.54, 1.807) is 18.3 Å². The predicted octanol–water partition coefficient (Wildman–Crippen LogP) is 9.00. The van der Waals surface area contributed by atoms with E-state index in [2.05, 4.69) is 33.6 Å². The largest absolute Gasteiger partial charge is 0.416 e. The van der Waals surface area contributed by atoms with Crippen molar-refractivity contribution in [2.75, 3.05) is 24.5 Å². The Balaban J connectivity index is 0.000000281. The first-order chi connectivity index (χ1) is 20.2. The van der Waals surface area contributed by atoms with Crippen LogP contribution >= 0.6 is 11.3 Å². The Morgan fingerprint density at radius 2 is 1.69 bits per heavy atom. The summed E-state index contributed by atoms with van der Waals surface area (Å²) in [6, 6.07) is 4.49. The lowest BCUT2D eigenvalue weighted by atomic mass is 10.0. The topological polar surface area (TPSA) is 49.3 Å². The molecule has 3 heterocycles. The highest BCUT2D eigenvalue weighted by atomic mass is 32.1. The average Bonchev–Trinajstić information content (AvgIpc) is 3.42. The summed E-state index contributed by atoms with van der Waals surface area (Å²) >= 11 is 1.68. The molecule has 0 N–H and O–H groups in total. The number of hydrogen-bond donors (Lipinski definition) is 0. The van der Waals surface area contributed by atoms with Gasteiger partial charge < -0.3 is 4.90 Å². The summed E-state index contributed by atoms with van der Waals surface area (Å²) in [5.74, 6) is 0.170. The van der Waals surface area contributed by atoms with Gasteiger partial charge in [-0.25, -0.2) is 9.97 Å². The molecule has 9 heteroatoms. The molecule has 0 radical (unpaired) electrons. The van der Waals surface area contributed by atoms with Crippen LogP contribution in [-0.2, 0) is 32.1 Å². The Morgan fingerprint density at radius 1 is 1.00 bits per heavy atom. The highest BCUT2D eigenvalue weighted by molar-refractivity contribution is 7.10. The molecule has 1 aromatic carbocycles. The molecular formula is C33H47F3N4OS. The third kappa shape index (κ3) is 10.8. The van der Waals surface area contributed by atoms with Crippen molar-refractivity contribution in [2.45, 2.75) is 99.3 Å². The molecule has 1 aliphatic heterocycles. The molecule has 0 atom stereocenters. The number of hydrogen-bond acceptors (Lipinski definition) is 6. The molecule has 232 valence electrons. The van der Waals surface area contributed by atoms with Crippen LogP contribution in [0.4, 0.5) is 18.9 Å². The molecule has 0 saturated heterocycles. The Kier molecular flexibility index (Phi) is 15.2. The van der Waals surface area contributed by atoms with Gasteiger partial charge in [-0.15, -0.1) is 11.3 Å². The zero-order valence-electron chi connectivity index (χ0n) is 26.1. The number of carbonyl (C=O) groups excluding carboxylic acids is 1. The van der Waals surface area contributed by atoms with E-state index in [4.69, 9.17) is 0 Å². The number of halogens is 3. The van der Waals surface area contributed by atoms with Crippen LogP contribution in [0.2, 0.25) is 0 Å². The number of anilines is 1. The molecule has 5 nitrogen and oxygen atoms in total. The highest BCUT2D eigenvalue weighted by Crippen LogP contribution is 2.32. The van der Waals surface area contributed by atoms with Crippen molar-refractivity contribution in [3.05, 3.63) is 75.0 Å². The molecule has 42 heavy (non-hydrogen) atoms. The fourth-order valence-electron chi connectivity index (χ4n) is 4.95. The predicted molar refractivity (Wildman–Crippen MR) is 168 cm³/mol. The number of aromatic nitrogens is 2. The number of nitrogens with zero attached hydrogens (tertiary/aromatic N) is 4. The van der Waals surface area contributed by atoms with Crippen LogP contribution in [0.15, 0.2) is 42.3 Å². The summed E-state index contributed by atoms with van der Waals surface area (Å²) in [4.78, 5) is 25.4. The molecule has 0 unspecified atom stereocenters. The van der Waals surface area contributed by atoms with Crippen LogP contribution in [0, 0.1) is 0 Å². The third-order valence-corrected chi connectivity index (χ3v) is 8.06. The Bertz CT molecular complexity index is 1210. The third-order valence-electron chi connectivity index (χ3n) is 7.05. The fourth-order valence-corrected chi connectivity index (χ4v) is 6.10. The minimum atomic E-state index is -4.27. The number of ketones is 1. The molecule has 0 fully saturated rings. The van der Waals surface area contributed by atoms with Gasteiger partial charge in [0.15, 0.2) is 5.78 Å². The van der Waals surface area contributed by atoms with Gasteiger partial charge in [-0.3, -0.25) is 9.69 Å². The van der Waals surface area contributed by atoms with Crippen LogP contribution < -0.4 is 4.90 Å². The van der Waals surface area contributed by atoms with Crippen LogP contribution in [0.3, 0.4) is 0 Å². The van der Waals surface area contributed by atoms with E-state index in [1.165, 1.54) is 35.3 Å². The van der Waals surface area contributed by atoms with Crippen molar-refractivity contribution in [2.24, 2.45) is 0 Å². The van der Waals surface area contributed by atoms with Gasteiger partial charge >= 0.3 is 6.18 Å². The van der Waals surface area contributed by atoms with E-state index < -0.39 is 11.7 Å². The van der Waals surface area contributed by atoms with Crippen molar-refractivity contribution >= 4 is 22.8 Å². The summed E-state index contributed by atoms with van der Waals surface area (Å²) < 4.78 is 39.0. The molecule has 0 spiro atoms. The lowest BCUT2D eigenvalue weighted by Gasteiger charge is -2.28. The zero-order chi connectivity index (χ0) is 31.1. The Morgan fingerprint density at radius 3 is 2.29 bits per heavy atom. The standard InChI is InChI=1S/C18H28F3N.C13H13N3OS.C2H6/c1-4-7-8-10-22(9-5-2)14-16-11-15(6-3)12-17(13-16)18(19,20)21;1-9(17)12-7-18-13-6-16(3-2-11(12)13)10-4-14-8-15-5-10;1-2/h11-13H,4-10,14H2,1-3H3;4-5,7-8H,2-3,6H2,1H3;1-2H3. The van der Waals surface area contributed by atoms with Crippen LogP contribution in [0.1, 0.15) is 105 Å². The molecule has 4 rings (SSSR count). The fraction of sp³-hybridized carbons (Fsp3) is 0.545. The number of unbranched alkanes of at least 4 members (excludes halogenated alkanes) is 2. The maximum Gasteiger partial charge on any atom is 0.416 e. The van der Waals surface area contributed by atoms with E-state index in [9.17, 15) is 18.0 Å². The van der Waals surface area contributed by atoms with Gasteiger partial charge in [-0.2, -0.15) is 13.2 Å². The summed E-state index contributed by atoms with van der Waals surface area (Å²) in [7, 11) is 0. The first-order valence-electron chi connectivity index (χ1n) is 15.2. The molecule has 0 aliphatic carbocycles. The quantitative estimate of drug-likeness (QED) is 0.161. The molecule has 0 bridgehead atoms. The van der Waals surface area contributed by atoms with Gasteiger partial charge in [-0.1, -0.05) is 53.5 Å². The highest BCUT2D eigenvalue weighted by Gasteiger charge is 2.31. The summed E-state index contributed by atoms with van der Waals surface area (Å²) in [6.45, 7) is 16.1. The van der Waals surface area contributed by atoms with E-state index >= 15 is 0 Å². The molecule has 0 saturated carbocycles. The van der Waals surface area contributed by atoms with E-state index in [0.29, 0.717) is 13.0 Å². The SMILES string of the molecule is CC.CC(=O)c1csc2c1CCN(c1cncnc1)C2.CCCCCN(CCC)Cc1cc(CC)cc(C(F)(F)F)c1. The Hall–Kier alpha value is -2.78. The maximum absolute atomic E-state index is 13.0. The average molecular weight is 605 g/mol. The van der Waals surface area contributed by atoms with Gasteiger partial charge in [0.25, 0.3) is 0 Å². The second-order valence-corrected chi connectivity index (χ2v) is 11.2. The normalized spacial score (nSPS) is 12.7. The van der Waals surface area contributed by atoms with E-state index in [-0.39, 0.29) is 5.78 Å². The number of thiophene rings is 1. The summed E-state index contributed by atoms with van der Waals surface area (Å²) in [5.41, 5.74) is 4.19. The summed E-state index contributed by atoms with van der Waals surface area (Å²) in [5, 5.41) is 1.98. The second-order valence-electron chi connectivity index (χ2n) is 10.2. The minimum absolute atomic E-state index is 0.170. The maximum atomic E-state index is 13.0. The number of aryl methyl sites for hydroxylation is 1. The monoisotopic (exact) mass is 604 g/mol. The number of benzene rings is 1. The van der Waals surface area contributed by atoms with Gasteiger partial charge in [0, 0.05) is 28.9 Å². The molecule has 1 aliphatic rings. The van der Waals surface area contributed by atoms with Gasteiger partial charge in [0.05, 0.1) is 30.2 Å². The number of fused-ring (bicyclic) bond motifs is 1. The van der Waals surface area contributed by atoms with Crippen molar-refractivity contribution in [3.63, 3.8) is 0 Å². The zero-order valence-corrected chi connectivity index (χ0v) is 26.9. The minimum Gasteiger partial charge on any atom is -0.364 e. The van der Waals surface area contributed by atoms with Crippen LogP contribution in [0.5, 0.6) is 0 Å². The van der Waals surface area contributed by atoms with E-state index in [0.717, 1.165) is 74.2 Å². The number of carbonyl (C=O) groups is 1. The van der Waals surface area contributed by atoms with Crippen molar-refractivity contribution in [3.8, 4) is 0 Å². The number of alkyl halides is 3. The van der Waals surface area contributed by atoms with Crippen molar-refractivity contribution in [1.29, 1.82) is 0 Å². The molecule has 3 aromatic rings. The van der Waals surface area contributed by atoms with Crippen LogP contribution in [0.25, 0.3) is 0 Å². The summed E-state index contributed by atoms with van der Waals surface area (Å²) in [6.07, 6.45) is 6.93. The second kappa shape index (κ2) is 18.0. The first-order valence-corrected chi connectivity index (χ1v) is 16.1. The number of Topliss-reactive ketones (excluding diaryl/α,β-unsaturated/α-hetero) is 1.